The summed E-state index contributed by atoms with van der Waals surface area (Å²) in [5.41, 5.74) is 6.54. The quantitative estimate of drug-likeness (QED) is 0.0644. The molecule has 200 valence electrons. The van der Waals surface area contributed by atoms with E-state index in [-0.39, 0.29) is 28.3 Å². The summed E-state index contributed by atoms with van der Waals surface area (Å²) in [6.07, 6.45) is 6.69. The number of amides is 2. The largest absolute Gasteiger partial charge is 0.477 e. The van der Waals surface area contributed by atoms with E-state index in [1.807, 2.05) is 12.2 Å². The number of nitrogens with one attached hydrogen (secondary N) is 1. The standard InChI is InChI=1S/C21H21N7O5S5/c22-20-25-12(7-36-20)13(27-33-11-3-1-2-4-11)16(29)26-14-17(30)28-15(19(31)32)10(6-35-18(14)28)5-34-9-37-21-23-8-24-38-21/h1,3,7-8,11,14,18H,2,4-6,9H2,(H2,22,25)(H,26,29)(H,31,32)/b27-13-/t11?,14-,18-/m1/s1. The van der Waals surface area contributed by atoms with E-state index in [2.05, 4.69) is 24.8 Å². The Balaban J connectivity index is 1.25. The molecular weight excluding hydrogens is 591 g/mol. The fourth-order valence-electron chi connectivity index (χ4n) is 3.90. The number of hydrogen-bond acceptors (Lipinski definition) is 14. The zero-order valence-electron chi connectivity index (χ0n) is 19.5. The number of hydrogen-bond donors (Lipinski definition) is 3. The van der Waals surface area contributed by atoms with Crippen LogP contribution in [0, 0.1) is 0 Å². The molecular formula is C21H21N7O5S5. The Labute approximate surface area is 237 Å². The summed E-state index contributed by atoms with van der Waals surface area (Å²) in [7, 11) is 0. The lowest BCUT2D eigenvalue weighted by Gasteiger charge is -2.49. The molecule has 1 aliphatic carbocycles. The molecule has 4 heterocycles. The lowest BCUT2D eigenvalue weighted by Crippen LogP contribution is -2.71. The number of rotatable bonds is 11. The smallest absolute Gasteiger partial charge is 0.352 e. The van der Waals surface area contributed by atoms with Gasteiger partial charge in [-0.15, -0.1) is 34.9 Å². The first kappa shape index (κ1) is 27.0. The molecule has 12 nitrogen and oxygen atoms in total. The van der Waals surface area contributed by atoms with Crippen molar-refractivity contribution >= 4 is 86.8 Å². The third kappa shape index (κ3) is 5.85. The van der Waals surface area contributed by atoms with Gasteiger partial charge in [0.2, 0.25) is 0 Å². The van der Waals surface area contributed by atoms with Crippen LogP contribution >= 0.6 is 58.2 Å². The Bertz CT molecular complexity index is 1310. The number of oxime groups is 1. The zero-order chi connectivity index (χ0) is 26.6. The highest BCUT2D eigenvalue weighted by atomic mass is 32.2. The number of aromatic nitrogens is 3. The average Bonchev–Trinajstić information content (AvgIpc) is 3.69. The fraction of sp³-hybridized carbons (Fsp3) is 0.381. The maximum atomic E-state index is 13.2. The number of nitrogens with zero attached hydrogens (tertiary/aromatic N) is 5. The molecule has 1 unspecified atom stereocenters. The van der Waals surface area contributed by atoms with Crippen LogP contribution in [0.4, 0.5) is 5.13 Å². The van der Waals surface area contributed by atoms with E-state index < -0.39 is 29.2 Å². The molecule has 5 rings (SSSR count). The number of β-lactam (4-membered cyclic amide) rings is 1. The lowest BCUT2D eigenvalue weighted by atomic mass is 10.0. The van der Waals surface area contributed by atoms with Crippen molar-refractivity contribution in [3.63, 3.8) is 0 Å². The number of aliphatic carboxylic acids is 1. The van der Waals surface area contributed by atoms with Crippen LogP contribution in [0.1, 0.15) is 18.5 Å². The Morgan fingerprint density at radius 2 is 2.26 bits per heavy atom. The predicted octanol–water partition coefficient (Wildman–Crippen LogP) is 2.24. The third-order valence-corrected chi connectivity index (χ3v) is 10.7. The van der Waals surface area contributed by atoms with Crippen molar-refractivity contribution < 1.29 is 24.3 Å². The molecule has 17 heteroatoms. The second kappa shape index (κ2) is 12.1. The molecule has 1 saturated heterocycles. The summed E-state index contributed by atoms with van der Waals surface area (Å²) in [6.45, 7) is 0. The number of thioether (sulfide) groups is 3. The first-order valence-electron chi connectivity index (χ1n) is 11.2. The van der Waals surface area contributed by atoms with Crippen molar-refractivity contribution in [3.8, 4) is 0 Å². The molecule has 1 fully saturated rings. The van der Waals surface area contributed by atoms with Gasteiger partial charge in [0.15, 0.2) is 15.2 Å². The van der Waals surface area contributed by atoms with Crippen molar-refractivity contribution in [3.05, 3.63) is 40.8 Å². The van der Waals surface area contributed by atoms with Gasteiger partial charge in [-0.2, -0.15) is 4.37 Å². The molecule has 0 spiro atoms. The van der Waals surface area contributed by atoms with Gasteiger partial charge in [0.25, 0.3) is 11.8 Å². The van der Waals surface area contributed by atoms with Crippen LogP contribution in [0.25, 0.3) is 0 Å². The van der Waals surface area contributed by atoms with Gasteiger partial charge in [-0.1, -0.05) is 23.0 Å². The molecule has 2 aliphatic heterocycles. The molecule has 4 N–H and O–H groups in total. The summed E-state index contributed by atoms with van der Waals surface area (Å²) >= 11 is 6.94. The number of anilines is 1. The molecule has 0 radical (unpaired) electrons. The zero-order valence-corrected chi connectivity index (χ0v) is 23.6. The number of fused-ring (bicyclic) bond motifs is 1. The number of carboxylic acids is 1. The van der Waals surface area contributed by atoms with E-state index in [4.69, 9.17) is 10.6 Å². The number of allylic oxidation sites excluding steroid dienone is 1. The fourth-order valence-corrected chi connectivity index (χ4v) is 8.65. The topological polar surface area (TPSA) is 173 Å². The van der Waals surface area contributed by atoms with E-state index in [1.54, 1.807) is 17.1 Å². The van der Waals surface area contributed by atoms with Crippen molar-refractivity contribution in [1.29, 1.82) is 0 Å². The van der Waals surface area contributed by atoms with E-state index in [1.165, 1.54) is 46.3 Å². The van der Waals surface area contributed by atoms with Crippen molar-refractivity contribution in [1.82, 2.24) is 24.6 Å². The van der Waals surface area contributed by atoms with Crippen molar-refractivity contribution in [2.45, 2.75) is 34.7 Å². The molecule has 3 aliphatic rings. The molecule has 2 amide bonds. The van der Waals surface area contributed by atoms with E-state index in [0.29, 0.717) is 22.2 Å². The predicted molar refractivity (Wildman–Crippen MR) is 149 cm³/mol. The highest BCUT2D eigenvalue weighted by molar-refractivity contribution is 8.16. The van der Waals surface area contributed by atoms with E-state index in [0.717, 1.165) is 28.5 Å². The lowest BCUT2D eigenvalue weighted by molar-refractivity contribution is -0.150. The number of thiazole rings is 1. The van der Waals surface area contributed by atoms with Crippen LogP contribution in [0.5, 0.6) is 0 Å². The second-order valence-electron chi connectivity index (χ2n) is 8.10. The second-order valence-corrected chi connectivity index (χ2v) is 13.4. The van der Waals surface area contributed by atoms with Crippen molar-refractivity contribution in [2.75, 3.05) is 22.3 Å². The third-order valence-electron chi connectivity index (χ3n) is 5.65. The van der Waals surface area contributed by atoms with Crippen LogP contribution in [0.3, 0.4) is 0 Å². The highest BCUT2D eigenvalue weighted by Crippen LogP contribution is 2.41. The summed E-state index contributed by atoms with van der Waals surface area (Å²) in [4.78, 5) is 53.4. The number of carbonyl (C=O) groups is 3. The van der Waals surface area contributed by atoms with Gasteiger partial charge in [-0.3, -0.25) is 14.5 Å². The first-order chi connectivity index (χ1) is 18.4. The Kier molecular flexibility index (Phi) is 8.57. The molecule has 2 aromatic rings. The van der Waals surface area contributed by atoms with Crippen LogP contribution in [0.2, 0.25) is 0 Å². The molecule has 3 atom stereocenters. The minimum atomic E-state index is -1.17. The molecule has 0 bridgehead atoms. The molecule has 2 aromatic heterocycles. The number of nitrogen functional groups attached to an aromatic ring is 1. The Morgan fingerprint density at radius 1 is 1.39 bits per heavy atom. The minimum absolute atomic E-state index is 0.0183. The number of carbonyl (C=O) groups excluding carboxylic acids is 2. The van der Waals surface area contributed by atoms with Crippen LogP contribution in [0.15, 0.2) is 44.6 Å². The SMILES string of the molecule is Nc1nc(/C(=N/OC2C=CCC2)C(=O)N[C@@H]2C(=O)N3C(C(=O)O)=C(CSCSc4ncns4)CS[C@H]23)cs1. The van der Waals surface area contributed by atoms with Crippen LogP contribution in [-0.4, -0.2) is 82.0 Å². The van der Waals surface area contributed by atoms with Crippen LogP contribution in [-0.2, 0) is 19.2 Å². The highest BCUT2D eigenvalue weighted by Gasteiger charge is 2.54. The van der Waals surface area contributed by atoms with Gasteiger partial charge in [-0.05, 0) is 36.0 Å². The Morgan fingerprint density at radius 3 is 2.95 bits per heavy atom. The van der Waals surface area contributed by atoms with Gasteiger partial charge < -0.3 is 21.0 Å². The summed E-state index contributed by atoms with van der Waals surface area (Å²) in [5.74, 6) is -1.41. The van der Waals surface area contributed by atoms with Gasteiger partial charge in [-0.25, -0.2) is 14.8 Å². The van der Waals surface area contributed by atoms with Gasteiger partial charge in [0.05, 0.1) is 0 Å². The van der Waals surface area contributed by atoms with Crippen LogP contribution < -0.4 is 11.1 Å². The summed E-state index contributed by atoms with van der Waals surface area (Å²) < 4.78 is 4.80. The van der Waals surface area contributed by atoms with E-state index in [9.17, 15) is 19.5 Å². The normalized spacial score (nSPS) is 22.8. The Hall–Kier alpha value is -2.60. The molecule has 38 heavy (non-hydrogen) atoms. The average molecular weight is 612 g/mol. The van der Waals surface area contributed by atoms with Crippen molar-refractivity contribution in [2.24, 2.45) is 5.16 Å². The van der Waals surface area contributed by atoms with Gasteiger partial charge >= 0.3 is 5.97 Å². The number of nitrogens with two attached hydrogens (primary N) is 1. The monoisotopic (exact) mass is 611 g/mol. The van der Waals surface area contributed by atoms with Gasteiger partial charge in [0, 0.05) is 22.0 Å². The number of carboxylic acid groups (broad SMARTS) is 1. The minimum Gasteiger partial charge on any atom is -0.477 e. The maximum Gasteiger partial charge on any atom is 0.352 e. The van der Waals surface area contributed by atoms with Gasteiger partial charge in [0.1, 0.15) is 35.2 Å². The molecule has 0 aromatic carbocycles. The molecule has 0 saturated carbocycles. The van der Waals surface area contributed by atoms with E-state index >= 15 is 0 Å². The maximum absolute atomic E-state index is 13.2. The summed E-state index contributed by atoms with van der Waals surface area (Å²) in [6, 6.07) is -0.906. The summed E-state index contributed by atoms with van der Waals surface area (Å²) in [5, 5.41) is 18.6. The first-order valence-corrected chi connectivity index (χ1v) is 16.1.